The molecule has 4 nitrogen and oxygen atoms in total. The number of hydrogen-bond donors (Lipinski definition) is 2. The number of amides is 2. The molecule has 2 aromatic rings. The van der Waals surface area contributed by atoms with Crippen LogP contribution in [0, 0.1) is 0 Å². The van der Waals surface area contributed by atoms with Crippen molar-refractivity contribution in [2.45, 2.75) is 25.4 Å². The van der Waals surface area contributed by atoms with Crippen LogP contribution in [0.3, 0.4) is 0 Å². The lowest BCUT2D eigenvalue weighted by atomic mass is 10.1. The summed E-state index contributed by atoms with van der Waals surface area (Å²) in [5.41, 5.74) is 0.0383. The van der Waals surface area contributed by atoms with Crippen molar-refractivity contribution in [2.24, 2.45) is 0 Å². The van der Waals surface area contributed by atoms with Gasteiger partial charge in [0.25, 0.3) is 5.91 Å². The second kappa shape index (κ2) is 9.38. The smallest absolute Gasteiger partial charge is 0.356 e. The van der Waals surface area contributed by atoms with E-state index in [0.717, 1.165) is 17.7 Å². The van der Waals surface area contributed by atoms with Crippen LogP contribution in [0.1, 0.15) is 33.6 Å². The molecule has 0 saturated heterocycles. The number of nitrogens with one attached hydrogen (secondary N) is 2. The van der Waals surface area contributed by atoms with Crippen LogP contribution in [0.2, 0.25) is 0 Å². The summed E-state index contributed by atoms with van der Waals surface area (Å²) in [7, 11) is 0. The SMILES string of the molecule is O=C(CCCNC(=O)c1cccs1)NCCc1ccc(C(F)(F)F)cc1. The highest BCUT2D eigenvalue weighted by atomic mass is 32.1. The maximum Gasteiger partial charge on any atom is 0.416 e. The quantitative estimate of drug-likeness (QED) is 0.683. The Kier molecular flexibility index (Phi) is 7.20. The number of hydrogen-bond acceptors (Lipinski definition) is 3. The van der Waals surface area contributed by atoms with Gasteiger partial charge in [0.05, 0.1) is 10.4 Å². The van der Waals surface area contributed by atoms with E-state index in [2.05, 4.69) is 10.6 Å². The fraction of sp³-hybridized carbons (Fsp3) is 0.333. The van der Waals surface area contributed by atoms with E-state index in [1.54, 1.807) is 12.1 Å². The van der Waals surface area contributed by atoms with Gasteiger partial charge in [0.2, 0.25) is 5.91 Å². The van der Waals surface area contributed by atoms with E-state index in [0.29, 0.717) is 30.8 Å². The molecule has 0 aliphatic rings. The Morgan fingerprint density at radius 3 is 2.35 bits per heavy atom. The molecule has 0 radical (unpaired) electrons. The van der Waals surface area contributed by atoms with Gasteiger partial charge in [-0.1, -0.05) is 18.2 Å². The van der Waals surface area contributed by atoms with Crippen molar-refractivity contribution in [2.75, 3.05) is 13.1 Å². The van der Waals surface area contributed by atoms with Crippen molar-refractivity contribution < 1.29 is 22.8 Å². The second-order valence-corrected chi connectivity index (χ2v) is 6.58. The summed E-state index contributed by atoms with van der Waals surface area (Å²) in [5, 5.41) is 7.28. The van der Waals surface area contributed by atoms with Gasteiger partial charge < -0.3 is 10.6 Å². The van der Waals surface area contributed by atoms with Crippen molar-refractivity contribution in [3.63, 3.8) is 0 Å². The Bertz CT molecular complexity index is 713. The molecule has 140 valence electrons. The van der Waals surface area contributed by atoms with Crippen molar-refractivity contribution in [1.82, 2.24) is 10.6 Å². The van der Waals surface area contributed by atoms with Gasteiger partial charge >= 0.3 is 6.18 Å². The molecule has 0 fully saturated rings. The minimum absolute atomic E-state index is 0.150. The monoisotopic (exact) mass is 384 g/mol. The van der Waals surface area contributed by atoms with Gasteiger partial charge in [-0.2, -0.15) is 13.2 Å². The van der Waals surface area contributed by atoms with Gasteiger partial charge in [-0.25, -0.2) is 0 Å². The fourth-order valence-corrected chi connectivity index (χ4v) is 2.88. The molecule has 2 N–H and O–H groups in total. The van der Waals surface area contributed by atoms with E-state index in [-0.39, 0.29) is 18.2 Å². The average Bonchev–Trinajstić information content (AvgIpc) is 3.13. The van der Waals surface area contributed by atoms with Gasteiger partial charge in [-0.05, 0) is 42.0 Å². The average molecular weight is 384 g/mol. The maximum absolute atomic E-state index is 12.5. The number of carbonyl (C=O) groups excluding carboxylic acids is 2. The normalized spacial score (nSPS) is 11.2. The van der Waals surface area contributed by atoms with E-state index in [1.165, 1.54) is 23.5 Å². The van der Waals surface area contributed by atoms with Gasteiger partial charge in [0.15, 0.2) is 0 Å². The lowest BCUT2D eigenvalue weighted by Crippen LogP contribution is -2.28. The molecule has 2 rings (SSSR count). The van der Waals surface area contributed by atoms with E-state index in [9.17, 15) is 22.8 Å². The summed E-state index contributed by atoms with van der Waals surface area (Å²) < 4.78 is 37.4. The Morgan fingerprint density at radius 1 is 1.00 bits per heavy atom. The summed E-state index contributed by atoms with van der Waals surface area (Å²) in [6, 6.07) is 8.42. The first kappa shape index (κ1) is 20.0. The first-order valence-electron chi connectivity index (χ1n) is 8.11. The second-order valence-electron chi connectivity index (χ2n) is 5.63. The highest BCUT2D eigenvalue weighted by molar-refractivity contribution is 7.12. The molecule has 8 heteroatoms. The zero-order valence-corrected chi connectivity index (χ0v) is 14.8. The highest BCUT2D eigenvalue weighted by Crippen LogP contribution is 2.29. The third-order valence-corrected chi connectivity index (χ3v) is 4.50. The zero-order chi connectivity index (χ0) is 19.0. The molecule has 26 heavy (non-hydrogen) atoms. The predicted octanol–water partition coefficient (Wildman–Crippen LogP) is 3.64. The zero-order valence-electron chi connectivity index (χ0n) is 13.9. The van der Waals surface area contributed by atoms with Gasteiger partial charge in [-0.3, -0.25) is 9.59 Å². The van der Waals surface area contributed by atoms with Crippen LogP contribution in [0.15, 0.2) is 41.8 Å². The molecule has 0 aliphatic heterocycles. The summed E-state index contributed by atoms with van der Waals surface area (Å²) in [6.45, 7) is 0.759. The molecule has 0 unspecified atom stereocenters. The molecule has 0 aliphatic carbocycles. The van der Waals surface area contributed by atoms with E-state index >= 15 is 0 Å². The van der Waals surface area contributed by atoms with Crippen LogP contribution in [-0.2, 0) is 17.4 Å². The third-order valence-electron chi connectivity index (χ3n) is 3.63. The topological polar surface area (TPSA) is 58.2 Å². The molecule has 0 saturated carbocycles. The van der Waals surface area contributed by atoms with Crippen molar-refractivity contribution in [3.8, 4) is 0 Å². The maximum atomic E-state index is 12.5. The van der Waals surface area contributed by atoms with Crippen molar-refractivity contribution in [3.05, 3.63) is 57.8 Å². The highest BCUT2D eigenvalue weighted by Gasteiger charge is 2.29. The number of carbonyl (C=O) groups is 2. The lowest BCUT2D eigenvalue weighted by Gasteiger charge is -2.08. The Balaban J connectivity index is 1.59. The standard InChI is InChI=1S/C18H19F3N2O2S/c19-18(20,21)14-7-5-13(6-8-14)9-11-22-16(24)4-1-10-23-17(25)15-3-2-12-26-15/h2-3,5-8,12H,1,4,9-11H2,(H,22,24)(H,23,25). The summed E-state index contributed by atoms with van der Waals surface area (Å²) in [4.78, 5) is 24.0. The predicted molar refractivity (Wildman–Crippen MR) is 94.0 cm³/mol. The Morgan fingerprint density at radius 2 is 1.73 bits per heavy atom. The number of thiophene rings is 1. The van der Waals surface area contributed by atoms with Gasteiger partial charge in [-0.15, -0.1) is 11.3 Å². The first-order valence-corrected chi connectivity index (χ1v) is 8.99. The largest absolute Gasteiger partial charge is 0.416 e. The Hall–Kier alpha value is -2.35. The van der Waals surface area contributed by atoms with Crippen LogP contribution in [0.5, 0.6) is 0 Å². The van der Waals surface area contributed by atoms with Crippen molar-refractivity contribution in [1.29, 1.82) is 0 Å². The molecule has 0 bridgehead atoms. The van der Waals surface area contributed by atoms with Crippen LogP contribution >= 0.6 is 11.3 Å². The minimum Gasteiger partial charge on any atom is -0.356 e. The number of alkyl halides is 3. The molecule has 0 spiro atoms. The molecular weight excluding hydrogens is 365 g/mol. The van der Waals surface area contributed by atoms with Crippen LogP contribution < -0.4 is 10.6 Å². The molecule has 1 heterocycles. The third kappa shape index (κ3) is 6.51. The fourth-order valence-electron chi connectivity index (χ4n) is 2.24. The van der Waals surface area contributed by atoms with Crippen LogP contribution in [0.4, 0.5) is 13.2 Å². The number of benzene rings is 1. The lowest BCUT2D eigenvalue weighted by molar-refractivity contribution is -0.137. The van der Waals surface area contributed by atoms with Crippen LogP contribution in [-0.4, -0.2) is 24.9 Å². The van der Waals surface area contributed by atoms with Gasteiger partial charge in [0.1, 0.15) is 0 Å². The minimum atomic E-state index is -4.34. The van der Waals surface area contributed by atoms with Crippen molar-refractivity contribution >= 4 is 23.2 Å². The number of halogens is 3. The Labute approximate surface area is 153 Å². The molecule has 1 aromatic heterocycles. The van der Waals surface area contributed by atoms with E-state index in [4.69, 9.17) is 0 Å². The summed E-state index contributed by atoms with van der Waals surface area (Å²) >= 11 is 1.35. The molecule has 2 amide bonds. The van der Waals surface area contributed by atoms with Gasteiger partial charge in [0, 0.05) is 19.5 Å². The van der Waals surface area contributed by atoms with Crippen LogP contribution in [0.25, 0.3) is 0 Å². The summed E-state index contributed by atoms with van der Waals surface area (Å²) in [5.74, 6) is -0.301. The molecular formula is C18H19F3N2O2S. The summed E-state index contributed by atoms with van der Waals surface area (Å²) in [6.07, 6.45) is -3.09. The van der Waals surface area contributed by atoms with E-state index in [1.807, 2.05) is 5.38 Å². The first-order chi connectivity index (χ1) is 12.4. The molecule has 1 aromatic carbocycles. The molecule has 0 atom stereocenters. The van der Waals surface area contributed by atoms with E-state index < -0.39 is 11.7 Å². The number of rotatable bonds is 8.